The lowest BCUT2D eigenvalue weighted by Crippen LogP contribution is -2.39. The van der Waals surface area contributed by atoms with Crippen LogP contribution in [0.25, 0.3) is 10.9 Å². The molecule has 27 heavy (non-hydrogen) atoms. The standard InChI is InChI=1S/C20H27FN6/c1-14-11-15(2)27(26-14)10-4-8-23-20(22-3)24-9-7-16-13-25-19-6-5-17(21)12-18(16)19/h5-6,11-13,25H,4,7-10H2,1-3H3,(H2,22,23,24). The number of nitrogens with one attached hydrogen (secondary N) is 3. The highest BCUT2D eigenvalue weighted by molar-refractivity contribution is 5.83. The summed E-state index contributed by atoms with van der Waals surface area (Å²) in [6.45, 7) is 6.50. The smallest absolute Gasteiger partial charge is 0.190 e. The van der Waals surface area contributed by atoms with Gasteiger partial charge in [-0.15, -0.1) is 0 Å². The number of hydrogen-bond acceptors (Lipinski definition) is 2. The van der Waals surface area contributed by atoms with Gasteiger partial charge in [0.2, 0.25) is 0 Å². The maximum atomic E-state index is 13.5. The van der Waals surface area contributed by atoms with E-state index >= 15 is 0 Å². The average molecular weight is 370 g/mol. The van der Waals surface area contributed by atoms with Gasteiger partial charge in [-0.25, -0.2) is 4.39 Å². The van der Waals surface area contributed by atoms with Crippen LogP contribution in [0.4, 0.5) is 4.39 Å². The number of rotatable bonds is 7. The van der Waals surface area contributed by atoms with Crippen LogP contribution in [0.1, 0.15) is 23.4 Å². The van der Waals surface area contributed by atoms with E-state index in [2.05, 4.69) is 38.7 Å². The first-order chi connectivity index (χ1) is 13.1. The van der Waals surface area contributed by atoms with Gasteiger partial charge in [0.15, 0.2) is 5.96 Å². The Morgan fingerprint density at radius 1 is 1.22 bits per heavy atom. The molecule has 3 aromatic rings. The molecule has 3 rings (SSSR count). The van der Waals surface area contributed by atoms with Gasteiger partial charge in [0.25, 0.3) is 0 Å². The zero-order valence-corrected chi connectivity index (χ0v) is 16.1. The molecule has 0 amide bonds. The van der Waals surface area contributed by atoms with Crippen molar-refractivity contribution in [2.75, 3.05) is 20.1 Å². The first kappa shape index (κ1) is 18.9. The highest BCUT2D eigenvalue weighted by Crippen LogP contribution is 2.19. The Kier molecular flexibility index (Phi) is 6.11. The number of benzene rings is 1. The summed E-state index contributed by atoms with van der Waals surface area (Å²) in [4.78, 5) is 7.44. The number of H-pyrrole nitrogens is 1. The van der Waals surface area contributed by atoms with E-state index in [4.69, 9.17) is 0 Å². The lowest BCUT2D eigenvalue weighted by Gasteiger charge is -2.12. The van der Waals surface area contributed by atoms with Gasteiger partial charge in [0.1, 0.15) is 5.82 Å². The molecule has 7 heteroatoms. The molecule has 0 saturated carbocycles. The Hall–Kier alpha value is -2.83. The van der Waals surface area contributed by atoms with Crippen molar-refractivity contribution in [3.63, 3.8) is 0 Å². The second-order valence-electron chi connectivity index (χ2n) is 6.68. The lowest BCUT2D eigenvalue weighted by molar-refractivity contribution is 0.555. The van der Waals surface area contributed by atoms with Crippen LogP contribution in [0.2, 0.25) is 0 Å². The molecule has 0 radical (unpaired) electrons. The average Bonchev–Trinajstić information content (AvgIpc) is 3.19. The number of hydrogen-bond donors (Lipinski definition) is 3. The molecule has 2 heterocycles. The number of aromatic amines is 1. The van der Waals surface area contributed by atoms with Crippen molar-refractivity contribution in [3.05, 3.63) is 53.2 Å². The minimum atomic E-state index is -0.212. The van der Waals surface area contributed by atoms with Crippen molar-refractivity contribution >= 4 is 16.9 Å². The Morgan fingerprint density at radius 2 is 2.04 bits per heavy atom. The quantitative estimate of drug-likeness (QED) is 0.340. The van der Waals surface area contributed by atoms with E-state index in [1.165, 1.54) is 11.8 Å². The normalized spacial score (nSPS) is 11.9. The van der Waals surface area contributed by atoms with Gasteiger partial charge in [-0.2, -0.15) is 5.10 Å². The van der Waals surface area contributed by atoms with Gasteiger partial charge in [-0.05, 0) is 56.5 Å². The number of aromatic nitrogens is 3. The number of guanidine groups is 1. The summed E-state index contributed by atoms with van der Waals surface area (Å²) in [5.41, 5.74) is 4.29. The van der Waals surface area contributed by atoms with Crippen LogP contribution in [-0.4, -0.2) is 40.9 Å². The number of aryl methyl sites for hydroxylation is 3. The number of aliphatic imine (C=N–C) groups is 1. The maximum absolute atomic E-state index is 13.5. The molecular weight excluding hydrogens is 343 g/mol. The Bertz CT molecular complexity index is 924. The fourth-order valence-corrected chi connectivity index (χ4v) is 3.23. The van der Waals surface area contributed by atoms with Gasteiger partial charge in [-0.1, -0.05) is 0 Å². The molecule has 0 aliphatic rings. The summed E-state index contributed by atoms with van der Waals surface area (Å²) in [5, 5.41) is 12.0. The van der Waals surface area contributed by atoms with E-state index in [9.17, 15) is 4.39 Å². The zero-order chi connectivity index (χ0) is 19.2. The van der Waals surface area contributed by atoms with Gasteiger partial charge in [-0.3, -0.25) is 9.67 Å². The van der Waals surface area contributed by atoms with E-state index in [0.717, 1.165) is 60.6 Å². The monoisotopic (exact) mass is 370 g/mol. The van der Waals surface area contributed by atoms with E-state index < -0.39 is 0 Å². The molecule has 0 aliphatic heterocycles. The summed E-state index contributed by atoms with van der Waals surface area (Å²) in [5.74, 6) is 0.561. The van der Waals surface area contributed by atoms with Crippen molar-refractivity contribution in [2.45, 2.75) is 33.2 Å². The third-order valence-electron chi connectivity index (χ3n) is 4.58. The van der Waals surface area contributed by atoms with E-state index in [0.29, 0.717) is 0 Å². The fraction of sp³-hybridized carbons (Fsp3) is 0.400. The van der Waals surface area contributed by atoms with E-state index in [-0.39, 0.29) is 5.82 Å². The summed E-state index contributed by atoms with van der Waals surface area (Å²) in [6.07, 6.45) is 3.69. The summed E-state index contributed by atoms with van der Waals surface area (Å²) >= 11 is 0. The van der Waals surface area contributed by atoms with Crippen LogP contribution in [0, 0.1) is 19.7 Å². The minimum Gasteiger partial charge on any atom is -0.361 e. The van der Waals surface area contributed by atoms with Crippen molar-refractivity contribution in [1.82, 2.24) is 25.4 Å². The Labute approximate surface area is 158 Å². The summed E-state index contributed by atoms with van der Waals surface area (Å²) in [6, 6.07) is 6.90. The molecule has 0 spiro atoms. The Balaban J connectivity index is 1.42. The third kappa shape index (κ3) is 4.87. The largest absolute Gasteiger partial charge is 0.361 e. The van der Waals surface area contributed by atoms with Crippen molar-refractivity contribution < 1.29 is 4.39 Å². The van der Waals surface area contributed by atoms with E-state index in [1.54, 1.807) is 19.2 Å². The molecule has 0 unspecified atom stereocenters. The van der Waals surface area contributed by atoms with Crippen molar-refractivity contribution in [2.24, 2.45) is 4.99 Å². The SMILES string of the molecule is CN=C(NCCCn1nc(C)cc1C)NCCc1c[nH]c2ccc(F)cc12. The molecule has 0 bridgehead atoms. The minimum absolute atomic E-state index is 0.212. The van der Waals surface area contributed by atoms with Crippen LogP contribution < -0.4 is 10.6 Å². The predicted octanol–water partition coefficient (Wildman–Crippen LogP) is 2.92. The second kappa shape index (κ2) is 8.70. The van der Waals surface area contributed by atoms with Crippen molar-refractivity contribution in [1.29, 1.82) is 0 Å². The molecule has 144 valence electrons. The van der Waals surface area contributed by atoms with Gasteiger partial charge >= 0.3 is 0 Å². The topological polar surface area (TPSA) is 70.0 Å². The van der Waals surface area contributed by atoms with Gasteiger partial charge in [0.05, 0.1) is 5.69 Å². The third-order valence-corrected chi connectivity index (χ3v) is 4.58. The van der Waals surface area contributed by atoms with Crippen molar-refractivity contribution in [3.8, 4) is 0 Å². The molecule has 3 N–H and O–H groups in total. The summed E-state index contributed by atoms with van der Waals surface area (Å²) in [7, 11) is 1.76. The number of halogens is 1. The number of fused-ring (bicyclic) bond motifs is 1. The molecule has 6 nitrogen and oxygen atoms in total. The van der Waals surface area contributed by atoms with E-state index in [1.807, 2.05) is 17.8 Å². The highest BCUT2D eigenvalue weighted by Gasteiger charge is 2.06. The second-order valence-corrected chi connectivity index (χ2v) is 6.68. The molecule has 0 saturated heterocycles. The Morgan fingerprint density at radius 3 is 2.78 bits per heavy atom. The molecule has 2 aromatic heterocycles. The molecule has 0 aliphatic carbocycles. The van der Waals surface area contributed by atoms with Crippen LogP contribution >= 0.6 is 0 Å². The predicted molar refractivity (Wildman–Crippen MR) is 108 cm³/mol. The van der Waals surface area contributed by atoms with Crippen LogP contribution in [0.5, 0.6) is 0 Å². The first-order valence-corrected chi connectivity index (χ1v) is 9.28. The molecule has 0 atom stereocenters. The summed E-state index contributed by atoms with van der Waals surface area (Å²) < 4.78 is 15.5. The van der Waals surface area contributed by atoms with Gasteiger partial charge in [0, 0.05) is 49.5 Å². The first-order valence-electron chi connectivity index (χ1n) is 9.28. The fourth-order valence-electron chi connectivity index (χ4n) is 3.23. The van der Waals surface area contributed by atoms with Gasteiger partial charge < -0.3 is 15.6 Å². The molecular formula is C20H27FN6. The van der Waals surface area contributed by atoms with Crippen LogP contribution in [0.3, 0.4) is 0 Å². The highest BCUT2D eigenvalue weighted by atomic mass is 19.1. The maximum Gasteiger partial charge on any atom is 0.190 e. The zero-order valence-electron chi connectivity index (χ0n) is 16.1. The molecule has 1 aromatic carbocycles. The lowest BCUT2D eigenvalue weighted by atomic mass is 10.1. The number of nitrogens with zero attached hydrogens (tertiary/aromatic N) is 3. The molecule has 0 fully saturated rings. The van der Waals surface area contributed by atoms with Crippen LogP contribution in [-0.2, 0) is 13.0 Å². The van der Waals surface area contributed by atoms with Crippen LogP contribution in [0.15, 0.2) is 35.5 Å².